The molecular weight excluding hydrogens is 293 g/mol. The molecule has 0 atom stereocenters. The molecule has 0 spiro atoms. The van der Waals surface area contributed by atoms with E-state index < -0.39 is 47.6 Å². The molecule has 1 N–H and O–H groups in total. The number of esters is 1. The highest BCUT2D eigenvalue weighted by atomic mass is 19.4. The van der Waals surface area contributed by atoms with Gasteiger partial charge in [0, 0.05) is 6.20 Å². The fraction of sp³-hybridized carbons (Fsp3) is 0.400. The molecule has 10 heteroatoms. The molecule has 0 bridgehead atoms. The summed E-state index contributed by atoms with van der Waals surface area (Å²) in [5, 5.41) is 0. The minimum Gasteiger partial charge on any atom is -0.469 e. The van der Waals surface area contributed by atoms with E-state index in [1.807, 2.05) is 4.98 Å². The first-order valence-corrected chi connectivity index (χ1v) is 5.01. The number of halogens is 5. The number of carbonyl (C=O) groups excluding carboxylic acids is 1. The summed E-state index contributed by atoms with van der Waals surface area (Å²) in [6, 6.07) is 0. The molecular formula is C10H8F5NO4. The van der Waals surface area contributed by atoms with Crippen molar-refractivity contribution in [2.24, 2.45) is 0 Å². The Bertz CT molecular complexity index is 552. The lowest BCUT2D eigenvalue weighted by molar-refractivity contribution is -0.275. The van der Waals surface area contributed by atoms with Crippen molar-refractivity contribution in [1.82, 2.24) is 4.98 Å². The van der Waals surface area contributed by atoms with Crippen LogP contribution in [0.15, 0.2) is 11.0 Å². The van der Waals surface area contributed by atoms with Crippen LogP contribution >= 0.6 is 0 Å². The van der Waals surface area contributed by atoms with Gasteiger partial charge in [-0.05, 0) is 0 Å². The summed E-state index contributed by atoms with van der Waals surface area (Å²) in [5.41, 5.74) is -3.22. The lowest BCUT2D eigenvalue weighted by atomic mass is 10.1. The van der Waals surface area contributed by atoms with Crippen LogP contribution in [0.25, 0.3) is 0 Å². The minimum absolute atomic E-state index is 0.398. The Hall–Kier alpha value is -2.13. The number of aromatic amines is 1. The van der Waals surface area contributed by atoms with E-state index in [1.54, 1.807) is 0 Å². The Balaban J connectivity index is 3.41. The van der Waals surface area contributed by atoms with Crippen molar-refractivity contribution in [2.75, 3.05) is 7.11 Å². The standard InChI is InChI=1S/C10H8F5NO4/c1-19-6(17)2-4-7(20-10(13,14)15)5(8(11)12)3-16-9(4)18/h3,8H,2H2,1H3,(H,16,18). The number of carbonyl (C=O) groups is 1. The van der Waals surface area contributed by atoms with Crippen LogP contribution in [0.5, 0.6) is 5.75 Å². The number of methoxy groups -OCH3 is 1. The Kier molecular flexibility index (Phi) is 4.69. The van der Waals surface area contributed by atoms with Gasteiger partial charge in [0.2, 0.25) is 0 Å². The summed E-state index contributed by atoms with van der Waals surface area (Å²) in [6.07, 6.45) is -9.16. The molecule has 112 valence electrons. The van der Waals surface area contributed by atoms with E-state index in [0.29, 0.717) is 6.20 Å². The molecule has 5 nitrogen and oxygen atoms in total. The molecule has 1 heterocycles. The van der Waals surface area contributed by atoms with Gasteiger partial charge in [-0.2, -0.15) is 0 Å². The molecule has 0 aliphatic rings. The van der Waals surface area contributed by atoms with E-state index in [1.165, 1.54) is 0 Å². The van der Waals surface area contributed by atoms with Crippen LogP contribution in [0.4, 0.5) is 22.0 Å². The summed E-state index contributed by atoms with van der Waals surface area (Å²) in [6.45, 7) is 0. The van der Waals surface area contributed by atoms with E-state index in [-0.39, 0.29) is 0 Å². The van der Waals surface area contributed by atoms with Crippen molar-refractivity contribution < 1.29 is 36.2 Å². The highest BCUT2D eigenvalue weighted by Crippen LogP contribution is 2.34. The molecule has 0 unspecified atom stereocenters. The first-order chi connectivity index (χ1) is 9.15. The first kappa shape index (κ1) is 15.9. The van der Waals surface area contributed by atoms with Gasteiger partial charge in [-0.15, -0.1) is 13.2 Å². The van der Waals surface area contributed by atoms with Crippen LogP contribution < -0.4 is 10.3 Å². The molecule has 0 saturated carbocycles. The minimum atomic E-state index is -5.29. The van der Waals surface area contributed by atoms with Crippen molar-refractivity contribution in [2.45, 2.75) is 19.2 Å². The maximum atomic E-state index is 12.6. The SMILES string of the molecule is COC(=O)Cc1c(OC(F)(F)F)c(C(F)F)c[nH]c1=O. The third-order valence-electron chi connectivity index (χ3n) is 2.17. The van der Waals surface area contributed by atoms with Crippen LogP contribution in [0.2, 0.25) is 0 Å². The zero-order valence-electron chi connectivity index (χ0n) is 9.88. The molecule has 0 radical (unpaired) electrons. The number of aromatic nitrogens is 1. The second-order valence-corrected chi connectivity index (χ2v) is 3.48. The molecule has 0 saturated heterocycles. The van der Waals surface area contributed by atoms with Crippen molar-refractivity contribution in [3.8, 4) is 5.75 Å². The summed E-state index contributed by atoms with van der Waals surface area (Å²) < 4.78 is 69.6. The van der Waals surface area contributed by atoms with Crippen LogP contribution in [0, 0.1) is 0 Å². The van der Waals surface area contributed by atoms with Gasteiger partial charge in [-0.1, -0.05) is 0 Å². The second-order valence-electron chi connectivity index (χ2n) is 3.48. The third kappa shape index (κ3) is 3.93. The summed E-state index contributed by atoms with van der Waals surface area (Å²) in [7, 11) is 0.928. The van der Waals surface area contributed by atoms with E-state index >= 15 is 0 Å². The van der Waals surface area contributed by atoms with Gasteiger partial charge in [-0.3, -0.25) is 9.59 Å². The topological polar surface area (TPSA) is 68.4 Å². The fourth-order valence-electron chi connectivity index (χ4n) is 1.35. The molecule has 0 aliphatic heterocycles. The molecule has 0 aliphatic carbocycles. The van der Waals surface area contributed by atoms with Crippen LogP contribution in [-0.2, 0) is 16.0 Å². The van der Waals surface area contributed by atoms with E-state index in [2.05, 4.69) is 9.47 Å². The van der Waals surface area contributed by atoms with E-state index in [0.717, 1.165) is 7.11 Å². The Labute approximate surface area is 108 Å². The lowest BCUT2D eigenvalue weighted by Gasteiger charge is -2.15. The van der Waals surface area contributed by atoms with Gasteiger partial charge in [0.25, 0.3) is 12.0 Å². The number of alkyl halides is 5. The quantitative estimate of drug-likeness (QED) is 0.681. The molecule has 0 fully saturated rings. The third-order valence-corrected chi connectivity index (χ3v) is 2.17. The van der Waals surface area contributed by atoms with Gasteiger partial charge in [0.15, 0.2) is 0 Å². The molecule has 0 aromatic carbocycles. The smallest absolute Gasteiger partial charge is 0.469 e. The van der Waals surface area contributed by atoms with Crippen molar-refractivity contribution in [1.29, 1.82) is 0 Å². The summed E-state index contributed by atoms with van der Waals surface area (Å²) in [4.78, 5) is 24.2. The average molecular weight is 301 g/mol. The molecule has 1 aromatic heterocycles. The number of hydrogen-bond donors (Lipinski definition) is 1. The zero-order chi connectivity index (χ0) is 15.5. The van der Waals surface area contributed by atoms with Crippen molar-refractivity contribution in [3.63, 3.8) is 0 Å². The highest BCUT2D eigenvalue weighted by Gasteiger charge is 2.35. The normalized spacial score (nSPS) is 11.6. The van der Waals surface area contributed by atoms with Crippen molar-refractivity contribution >= 4 is 5.97 Å². The largest absolute Gasteiger partial charge is 0.573 e. The van der Waals surface area contributed by atoms with Gasteiger partial charge in [0.1, 0.15) is 5.75 Å². The van der Waals surface area contributed by atoms with Crippen molar-refractivity contribution in [3.05, 3.63) is 27.7 Å². The second kappa shape index (κ2) is 5.88. The number of rotatable bonds is 4. The van der Waals surface area contributed by atoms with Gasteiger partial charge < -0.3 is 14.5 Å². The Morgan fingerprint density at radius 1 is 1.40 bits per heavy atom. The Morgan fingerprint density at radius 2 is 2.00 bits per heavy atom. The van der Waals surface area contributed by atoms with Crippen LogP contribution in [0.3, 0.4) is 0 Å². The molecule has 0 amide bonds. The predicted molar refractivity (Wildman–Crippen MR) is 54.4 cm³/mol. The average Bonchev–Trinajstić information content (AvgIpc) is 2.31. The number of pyridine rings is 1. The fourth-order valence-corrected chi connectivity index (χ4v) is 1.35. The van der Waals surface area contributed by atoms with Crippen LogP contribution in [0.1, 0.15) is 17.6 Å². The van der Waals surface area contributed by atoms with Gasteiger partial charge >= 0.3 is 12.3 Å². The number of ether oxygens (including phenoxy) is 2. The summed E-state index contributed by atoms with van der Waals surface area (Å²) >= 11 is 0. The van der Waals surface area contributed by atoms with Crippen LogP contribution in [-0.4, -0.2) is 24.4 Å². The number of nitrogens with one attached hydrogen (secondary N) is 1. The monoisotopic (exact) mass is 301 g/mol. The highest BCUT2D eigenvalue weighted by molar-refractivity contribution is 5.73. The maximum Gasteiger partial charge on any atom is 0.573 e. The zero-order valence-corrected chi connectivity index (χ0v) is 9.88. The lowest BCUT2D eigenvalue weighted by Crippen LogP contribution is -2.25. The molecule has 20 heavy (non-hydrogen) atoms. The molecule has 1 aromatic rings. The maximum absolute atomic E-state index is 12.6. The number of hydrogen-bond acceptors (Lipinski definition) is 4. The van der Waals surface area contributed by atoms with E-state index in [4.69, 9.17) is 0 Å². The van der Waals surface area contributed by atoms with Gasteiger partial charge in [0.05, 0.1) is 24.7 Å². The predicted octanol–water partition coefficient (Wildman–Crippen LogP) is 1.93. The molecule has 1 rings (SSSR count). The summed E-state index contributed by atoms with van der Waals surface area (Å²) in [5.74, 6) is -2.46. The first-order valence-electron chi connectivity index (χ1n) is 5.01. The van der Waals surface area contributed by atoms with Gasteiger partial charge in [-0.25, -0.2) is 8.78 Å². The Morgan fingerprint density at radius 3 is 2.45 bits per heavy atom. The van der Waals surface area contributed by atoms with E-state index in [9.17, 15) is 31.5 Å². The number of H-pyrrole nitrogens is 1.